The van der Waals surface area contributed by atoms with Gasteiger partial charge in [0.05, 0.1) is 0 Å². The molecule has 0 aromatic heterocycles. The Labute approximate surface area is 218 Å². The fourth-order valence-electron chi connectivity index (χ4n) is 7.64. The van der Waals surface area contributed by atoms with Gasteiger partial charge in [-0.25, -0.2) is 0 Å². The lowest BCUT2D eigenvalue weighted by Gasteiger charge is -2.42. The summed E-state index contributed by atoms with van der Waals surface area (Å²) >= 11 is 0. The van der Waals surface area contributed by atoms with Gasteiger partial charge in [0.15, 0.2) is 0 Å². The standard InChI is InChI=1S/C35H43N/c1-34(2,3)36(32-21-13-11-18-26(32)24-14-6-7-15-24)33-23-31-29(22-28(33)25-16-8-9-17-25)27-19-10-12-20-30(27)35(31,4)5/h10-13,18-25H,6-9,14-17H2,1-5H3. The first-order chi connectivity index (χ1) is 17.3. The molecule has 1 heteroatoms. The minimum Gasteiger partial charge on any atom is -0.336 e. The van der Waals surface area contributed by atoms with E-state index in [-0.39, 0.29) is 11.0 Å². The monoisotopic (exact) mass is 477 g/mol. The molecule has 3 aromatic carbocycles. The van der Waals surface area contributed by atoms with E-state index in [9.17, 15) is 0 Å². The quantitative estimate of drug-likeness (QED) is 0.361. The molecule has 36 heavy (non-hydrogen) atoms. The molecule has 3 aliphatic rings. The van der Waals surface area contributed by atoms with E-state index in [2.05, 4.69) is 100 Å². The van der Waals surface area contributed by atoms with Crippen LogP contribution in [0.4, 0.5) is 11.4 Å². The van der Waals surface area contributed by atoms with Crippen molar-refractivity contribution in [1.82, 2.24) is 0 Å². The Morgan fingerprint density at radius 2 is 1.22 bits per heavy atom. The van der Waals surface area contributed by atoms with Crippen LogP contribution in [-0.2, 0) is 5.41 Å². The first kappa shape index (κ1) is 23.8. The third-order valence-corrected chi connectivity index (χ3v) is 9.41. The first-order valence-electron chi connectivity index (χ1n) is 14.4. The molecule has 0 N–H and O–H groups in total. The summed E-state index contributed by atoms with van der Waals surface area (Å²) in [7, 11) is 0. The summed E-state index contributed by atoms with van der Waals surface area (Å²) in [5.41, 5.74) is 11.9. The van der Waals surface area contributed by atoms with Crippen LogP contribution in [0.3, 0.4) is 0 Å². The summed E-state index contributed by atoms with van der Waals surface area (Å²) in [5.74, 6) is 1.35. The molecular weight excluding hydrogens is 434 g/mol. The molecule has 0 heterocycles. The molecule has 0 unspecified atom stereocenters. The summed E-state index contributed by atoms with van der Waals surface area (Å²) in [6.45, 7) is 12.1. The Balaban J connectivity index is 1.60. The van der Waals surface area contributed by atoms with E-state index in [4.69, 9.17) is 0 Å². The van der Waals surface area contributed by atoms with E-state index >= 15 is 0 Å². The van der Waals surface area contributed by atoms with Crippen LogP contribution in [0.25, 0.3) is 11.1 Å². The topological polar surface area (TPSA) is 3.24 Å². The highest BCUT2D eigenvalue weighted by Gasteiger charge is 2.39. The highest BCUT2D eigenvalue weighted by atomic mass is 15.2. The van der Waals surface area contributed by atoms with Gasteiger partial charge in [-0.15, -0.1) is 0 Å². The zero-order valence-corrected chi connectivity index (χ0v) is 23.0. The second-order valence-corrected chi connectivity index (χ2v) is 13.2. The van der Waals surface area contributed by atoms with Gasteiger partial charge in [0.1, 0.15) is 0 Å². The van der Waals surface area contributed by atoms with Crippen LogP contribution in [0.5, 0.6) is 0 Å². The Morgan fingerprint density at radius 1 is 0.639 bits per heavy atom. The van der Waals surface area contributed by atoms with Crippen molar-refractivity contribution in [1.29, 1.82) is 0 Å². The van der Waals surface area contributed by atoms with Crippen LogP contribution in [0, 0.1) is 0 Å². The number of rotatable bonds is 4. The van der Waals surface area contributed by atoms with Crippen molar-refractivity contribution >= 4 is 11.4 Å². The molecule has 0 atom stereocenters. The van der Waals surface area contributed by atoms with E-state index in [0.29, 0.717) is 11.8 Å². The van der Waals surface area contributed by atoms with Crippen LogP contribution >= 0.6 is 0 Å². The van der Waals surface area contributed by atoms with Crippen molar-refractivity contribution in [2.45, 2.75) is 109 Å². The molecule has 2 saturated carbocycles. The smallest absolute Gasteiger partial charge is 0.0454 e. The van der Waals surface area contributed by atoms with Gasteiger partial charge < -0.3 is 4.90 Å². The van der Waals surface area contributed by atoms with Crippen LogP contribution in [-0.4, -0.2) is 5.54 Å². The van der Waals surface area contributed by atoms with Gasteiger partial charge in [0.2, 0.25) is 0 Å². The number of anilines is 2. The zero-order valence-electron chi connectivity index (χ0n) is 23.0. The third kappa shape index (κ3) is 3.82. The highest BCUT2D eigenvalue weighted by molar-refractivity contribution is 5.85. The molecule has 3 aliphatic carbocycles. The largest absolute Gasteiger partial charge is 0.336 e. The highest BCUT2D eigenvalue weighted by Crippen LogP contribution is 2.54. The van der Waals surface area contributed by atoms with Crippen LogP contribution in [0.15, 0.2) is 60.7 Å². The van der Waals surface area contributed by atoms with E-state index in [1.807, 2.05) is 0 Å². The lowest BCUT2D eigenvalue weighted by molar-refractivity contribution is 0.550. The number of para-hydroxylation sites is 1. The average molecular weight is 478 g/mol. The number of hydrogen-bond donors (Lipinski definition) is 0. The summed E-state index contributed by atoms with van der Waals surface area (Å²) in [6.07, 6.45) is 10.8. The molecular formula is C35H43N. The van der Waals surface area contributed by atoms with Crippen molar-refractivity contribution in [3.63, 3.8) is 0 Å². The molecule has 188 valence electrons. The Hall–Kier alpha value is -2.54. The van der Waals surface area contributed by atoms with E-state index < -0.39 is 0 Å². The van der Waals surface area contributed by atoms with Gasteiger partial charge in [-0.05, 0) is 110 Å². The zero-order chi connectivity index (χ0) is 25.1. The van der Waals surface area contributed by atoms with Crippen LogP contribution in [0.2, 0.25) is 0 Å². The minimum atomic E-state index is -0.0219. The molecule has 0 radical (unpaired) electrons. The molecule has 0 bridgehead atoms. The van der Waals surface area contributed by atoms with Crippen molar-refractivity contribution < 1.29 is 0 Å². The van der Waals surface area contributed by atoms with Gasteiger partial charge >= 0.3 is 0 Å². The predicted octanol–water partition coefficient (Wildman–Crippen LogP) is 10.2. The molecule has 0 aliphatic heterocycles. The van der Waals surface area contributed by atoms with Crippen molar-refractivity contribution in [3.8, 4) is 11.1 Å². The first-order valence-corrected chi connectivity index (χ1v) is 14.4. The van der Waals surface area contributed by atoms with Gasteiger partial charge in [-0.3, -0.25) is 0 Å². The van der Waals surface area contributed by atoms with Gasteiger partial charge in [0, 0.05) is 22.3 Å². The lowest BCUT2D eigenvalue weighted by atomic mass is 9.80. The van der Waals surface area contributed by atoms with Crippen LogP contribution in [0.1, 0.15) is 120 Å². The number of fused-ring (bicyclic) bond motifs is 3. The second kappa shape index (κ2) is 8.79. The molecule has 0 saturated heterocycles. The van der Waals surface area contributed by atoms with Crippen molar-refractivity contribution in [2.75, 3.05) is 4.90 Å². The number of benzene rings is 3. The molecule has 2 fully saturated rings. The predicted molar refractivity (Wildman–Crippen MR) is 155 cm³/mol. The Bertz CT molecular complexity index is 1260. The number of hydrogen-bond acceptors (Lipinski definition) is 1. The van der Waals surface area contributed by atoms with E-state index in [1.54, 1.807) is 11.1 Å². The van der Waals surface area contributed by atoms with E-state index in [1.165, 1.54) is 85.0 Å². The fourth-order valence-corrected chi connectivity index (χ4v) is 7.64. The Morgan fingerprint density at radius 3 is 1.89 bits per heavy atom. The van der Waals surface area contributed by atoms with Crippen molar-refractivity contribution in [2.24, 2.45) is 0 Å². The Kier molecular flexibility index (Phi) is 5.82. The number of nitrogens with zero attached hydrogens (tertiary/aromatic N) is 1. The minimum absolute atomic E-state index is 0.0173. The summed E-state index contributed by atoms with van der Waals surface area (Å²) in [6, 6.07) is 23.7. The second-order valence-electron chi connectivity index (χ2n) is 13.2. The molecule has 0 amide bonds. The van der Waals surface area contributed by atoms with E-state index in [0.717, 1.165) is 0 Å². The summed E-state index contributed by atoms with van der Waals surface area (Å²) in [5, 5.41) is 0. The summed E-state index contributed by atoms with van der Waals surface area (Å²) < 4.78 is 0. The fraction of sp³-hybridized carbons (Fsp3) is 0.486. The average Bonchev–Trinajstić information content (AvgIpc) is 3.61. The van der Waals surface area contributed by atoms with Crippen molar-refractivity contribution in [3.05, 3.63) is 82.9 Å². The maximum Gasteiger partial charge on any atom is 0.0454 e. The van der Waals surface area contributed by atoms with Gasteiger partial charge in [-0.1, -0.05) is 82.0 Å². The summed E-state index contributed by atoms with van der Waals surface area (Å²) in [4.78, 5) is 2.73. The maximum absolute atomic E-state index is 2.73. The SMILES string of the molecule is CC1(C)c2ccccc2-c2cc(C3CCCC3)c(N(c3ccccc3C3CCCC3)C(C)(C)C)cc21. The normalized spacial score (nSPS) is 19.5. The lowest BCUT2D eigenvalue weighted by Crippen LogP contribution is -2.39. The van der Waals surface area contributed by atoms with Gasteiger partial charge in [-0.2, -0.15) is 0 Å². The van der Waals surface area contributed by atoms with Crippen LogP contribution < -0.4 is 4.90 Å². The maximum atomic E-state index is 2.73. The van der Waals surface area contributed by atoms with Gasteiger partial charge in [0.25, 0.3) is 0 Å². The molecule has 6 rings (SSSR count). The molecule has 1 nitrogen and oxygen atoms in total. The third-order valence-electron chi connectivity index (χ3n) is 9.41. The molecule has 3 aromatic rings. The molecule has 0 spiro atoms.